The normalized spacial score (nSPS) is 16.2. The van der Waals surface area contributed by atoms with Crippen molar-refractivity contribution in [1.29, 1.82) is 0 Å². The van der Waals surface area contributed by atoms with Gasteiger partial charge in [0.2, 0.25) is 0 Å². The molecule has 1 saturated heterocycles. The highest BCUT2D eigenvalue weighted by Gasteiger charge is 2.12. The number of anilines is 1. The Hall–Kier alpha value is -0.610. The number of rotatable bonds is 1. The fourth-order valence-corrected chi connectivity index (χ4v) is 2.75. The first kappa shape index (κ1) is 13.8. The first-order chi connectivity index (χ1) is 8.66. The van der Waals surface area contributed by atoms with Gasteiger partial charge in [-0.2, -0.15) is 0 Å². The zero-order valence-electron chi connectivity index (χ0n) is 10.7. The molecule has 18 heavy (non-hydrogen) atoms. The number of benzene rings is 1. The van der Waals surface area contributed by atoms with Gasteiger partial charge in [-0.15, -0.1) is 0 Å². The lowest BCUT2D eigenvalue weighted by Gasteiger charge is -2.24. The topological polar surface area (TPSA) is 15.3 Å². The molecule has 4 heteroatoms. The second-order valence-electron chi connectivity index (χ2n) is 4.80. The van der Waals surface area contributed by atoms with E-state index in [0.29, 0.717) is 0 Å². The van der Waals surface area contributed by atoms with Crippen LogP contribution in [0.15, 0.2) is 22.7 Å². The number of nitrogens with zero attached hydrogens (tertiary/aromatic N) is 1. The molecular weight excluding hydrogens is 308 g/mol. The van der Waals surface area contributed by atoms with E-state index in [2.05, 4.69) is 51.3 Å². The van der Waals surface area contributed by atoms with Gasteiger partial charge >= 0.3 is 0 Å². The van der Waals surface area contributed by atoms with E-state index in [1.807, 2.05) is 0 Å². The van der Waals surface area contributed by atoms with Crippen molar-refractivity contribution in [3.05, 3.63) is 28.2 Å². The van der Waals surface area contributed by atoms with Gasteiger partial charge < -0.3 is 10.2 Å². The number of nitrogens with one attached hydrogen (secondary N) is 1. The zero-order valence-corrected chi connectivity index (χ0v) is 13.1. The molecule has 1 fully saturated rings. The van der Waals surface area contributed by atoms with Crippen LogP contribution in [-0.4, -0.2) is 23.1 Å². The lowest BCUT2D eigenvalue weighted by atomic mass is 10.2. The summed E-state index contributed by atoms with van der Waals surface area (Å²) in [6.45, 7) is 4.26. The van der Waals surface area contributed by atoms with Gasteiger partial charge in [-0.25, -0.2) is 0 Å². The molecule has 1 N–H and O–H groups in total. The molecule has 1 aromatic carbocycles. The Balaban J connectivity index is 1.99. The maximum Gasteiger partial charge on any atom is 0.173 e. The number of halogens is 1. The number of thiocarbonyl (C=S) groups is 1. The monoisotopic (exact) mass is 326 g/mol. The molecule has 0 amide bonds. The van der Waals surface area contributed by atoms with Gasteiger partial charge in [0.1, 0.15) is 0 Å². The quantitative estimate of drug-likeness (QED) is 0.773. The summed E-state index contributed by atoms with van der Waals surface area (Å²) in [5, 5.41) is 4.20. The second-order valence-corrected chi connectivity index (χ2v) is 6.04. The van der Waals surface area contributed by atoms with E-state index in [1.165, 1.54) is 31.2 Å². The molecule has 1 aliphatic heterocycles. The third-order valence-corrected chi connectivity index (χ3v) is 4.55. The molecule has 0 aliphatic carbocycles. The summed E-state index contributed by atoms with van der Waals surface area (Å²) in [6, 6.07) is 6.23. The number of likely N-dealkylation sites (tertiary alicyclic amines) is 1. The van der Waals surface area contributed by atoms with Gasteiger partial charge in [0.05, 0.1) is 0 Å². The van der Waals surface area contributed by atoms with E-state index in [0.717, 1.165) is 28.4 Å². The Kier molecular flexibility index (Phi) is 5.01. The van der Waals surface area contributed by atoms with Crippen LogP contribution in [0.1, 0.15) is 31.2 Å². The molecule has 0 atom stereocenters. The summed E-state index contributed by atoms with van der Waals surface area (Å²) in [5.41, 5.74) is 2.30. The third kappa shape index (κ3) is 3.69. The average Bonchev–Trinajstić information content (AvgIpc) is 2.62. The van der Waals surface area contributed by atoms with Crippen molar-refractivity contribution in [3.63, 3.8) is 0 Å². The van der Waals surface area contributed by atoms with Crippen molar-refractivity contribution in [3.8, 4) is 0 Å². The highest BCUT2D eigenvalue weighted by molar-refractivity contribution is 9.10. The van der Waals surface area contributed by atoms with Crippen LogP contribution in [-0.2, 0) is 0 Å². The van der Waals surface area contributed by atoms with Crippen LogP contribution in [0, 0.1) is 6.92 Å². The smallest absolute Gasteiger partial charge is 0.173 e. The van der Waals surface area contributed by atoms with Crippen molar-refractivity contribution in [2.75, 3.05) is 18.4 Å². The Morgan fingerprint density at radius 3 is 2.50 bits per heavy atom. The van der Waals surface area contributed by atoms with Gasteiger partial charge in [-0.3, -0.25) is 0 Å². The Morgan fingerprint density at radius 1 is 1.22 bits per heavy atom. The van der Waals surface area contributed by atoms with E-state index in [4.69, 9.17) is 12.2 Å². The lowest BCUT2D eigenvalue weighted by Crippen LogP contribution is -2.35. The number of aryl methyl sites for hydroxylation is 1. The first-order valence-electron chi connectivity index (χ1n) is 6.49. The second kappa shape index (κ2) is 6.53. The molecular formula is C14H19BrN2S. The van der Waals surface area contributed by atoms with Crippen LogP contribution in [0.3, 0.4) is 0 Å². The fraction of sp³-hybridized carbons (Fsp3) is 0.500. The summed E-state index contributed by atoms with van der Waals surface area (Å²) >= 11 is 9.01. The SMILES string of the molecule is Cc1cc(NC(=S)N2CCCCCC2)ccc1Br. The van der Waals surface area contributed by atoms with E-state index in [9.17, 15) is 0 Å². The van der Waals surface area contributed by atoms with Crippen molar-refractivity contribution in [1.82, 2.24) is 4.90 Å². The van der Waals surface area contributed by atoms with Crippen LogP contribution in [0.25, 0.3) is 0 Å². The molecule has 0 unspecified atom stereocenters. The van der Waals surface area contributed by atoms with E-state index < -0.39 is 0 Å². The van der Waals surface area contributed by atoms with Gasteiger partial charge in [0.15, 0.2) is 5.11 Å². The summed E-state index contributed by atoms with van der Waals surface area (Å²) in [7, 11) is 0. The summed E-state index contributed by atoms with van der Waals surface area (Å²) in [6.07, 6.45) is 5.16. The molecule has 2 nitrogen and oxygen atoms in total. The van der Waals surface area contributed by atoms with E-state index in [-0.39, 0.29) is 0 Å². The average molecular weight is 327 g/mol. The van der Waals surface area contributed by atoms with Gasteiger partial charge in [0, 0.05) is 23.2 Å². The highest BCUT2D eigenvalue weighted by Crippen LogP contribution is 2.20. The molecule has 2 rings (SSSR count). The molecule has 0 bridgehead atoms. The largest absolute Gasteiger partial charge is 0.349 e. The van der Waals surface area contributed by atoms with Crippen LogP contribution >= 0.6 is 28.1 Å². The minimum Gasteiger partial charge on any atom is -0.349 e. The predicted molar refractivity (Wildman–Crippen MR) is 85.1 cm³/mol. The maximum absolute atomic E-state index is 5.50. The van der Waals surface area contributed by atoms with Crippen LogP contribution in [0.2, 0.25) is 0 Å². The van der Waals surface area contributed by atoms with Crippen LogP contribution in [0.4, 0.5) is 5.69 Å². The minimum atomic E-state index is 0.860. The van der Waals surface area contributed by atoms with Crippen molar-refractivity contribution in [2.45, 2.75) is 32.6 Å². The molecule has 0 saturated carbocycles. The van der Waals surface area contributed by atoms with Crippen molar-refractivity contribution >= 4 is 38.9 Å². The van der Waals surface area contributed by atoms with Gasteiger partial charge in [0.25, 0.3) is 0 Å². The summed E-state index contributed by atoms with van der Waals surface area (Å²) in [4.78, 5) is 2.29. The fourth-order valence-electron chi connectivity index (χ4n) is 2.20. The van der Waals surface area contributed by atoms with Crippen LogP contribution in [0.5, 0.6) is 0 Å². The first-order valence-corrected chi connectivity index (χ1v) is 7.69. The molecule has 0 aromatic heterocycles. The zero-order chi connectivity index (χ0) is 13.0. The van der Waals surface area contributed by atoms with E-state index >= 15 is 0 Å². The molecule has 1 aromatic rings. The number of hydrogen-bond acceptors (Lipinski definition) is 1. The molecule has 0 radical (unpaired) electrons. The predicted octanol–water partition coefficient (Wildman–Crippen LogP) is 4.33. The van der Waals surface area contributed by atoms with E-state index in [1.54, 1.807) is 0 Å². The molecule has 1 aliphatic rings. The molecule has 0 spiro atoms. The molecule has 98 valence electrons. The Morgan fingerprint density at radius 2 is 1.89 bits per heavy atom. The number of hydrogen-bond donors (Lipinski definition) is 1. The summed E-state index contributed by atoms with van der Waals surface area (Å²) < 4.78 is 1.13. The third-order valence-electron chi connectivity index (χ3n) is 3.30. The highest BCUT2D eigenvalue weighted by atomic mass is 79.9. The lowest BCUT2D eigenvalue weighted by molar-refractivity contribution is 0.441. The van der Waals surface area contributed by atoms with Gasteiger partial charge in [-0.1, -0.05) is 28.8 Å². The Labute approximate surface area is 123 Å². The minimum absolute atomic E-state index is 0.860. The van der Waals surface area contributed by atoms with Crippen molar-refractivity contribution in [2.24, 2.45) is 0 Å². The van der Waals surface area contributed by atoms with Crippen LogP contribution < -0.4 is 5.32 Å². The summed E-state index contributed by atoms with van der Waals surface area (Å²) in [5.74, 6) is 0. The maximum atomic E-state index is 5.50. The molecule has 1 heterocycles. The Bertz CT molecular complexity index is 426. The van der Waals surface area contributed by atoms with Crippen molar-refractivity contribution < 1.29 is 0 Å². The van der Waals surface area contributed by atoms with Gasteiger partial charge in [-0.05, 0) is 55.7 Å². The standard InChI is InChI=1S/C14H19BrN2S/c1-11-10-12(6-7-13(11)15)16-14(18)17-8-4-2-3-5-9-17/h6-7,10H,2-5,8-9H2,1H3,(H,16,18).